The van der Waals surface area contributed by atoms with Gasteiger partial charge in [0.2, 0.25) is 10.0 Å². The topological polar surface area (TPSA) is 118 Å². The van der Waals surface area contributed by atoms with Crippen LogP contribution in [0, 0.1) is 6.92 Å². The zero-order chi connectivity index (χ0) is 21.9. The van der Waals surface area contributed by atoms with E-state index in [2.05, 4.69) is 31.3 Å². The molecule has 2 amide bonds. The summed E-state index contributed by atoms with van der Waals surface area (Å²) in [7, 11) is -3.45. The van der Waals surface area contributed by atoms with Crippen LogP contribution in [0.2, 0.25) is 0 Å². The molecule has 0 saturated heterocycles. The van der Waals surface area contributed by atoms with Crippen LogP contribution in [-0.2, 0) is 10.0 Å². The maximum Gasteiger partial charge on any atom is 0.291 e. The highest BCUT2D eigenvalue weighted by atomic mass is 79.9. The minimum absolute atomic E-state index is 0.127. The predicted molar refractivity (Wildman–Crippen MR) is 118 cm³/mol. The van der Waals surface area contributed by atoms with Crippen molar-refractivity contribution in [3.05, 3.63) is 76.2 Å². The van der Waals surface area contributed by atoms with Crippen molar-refractivity contribution in [1.29, 1.82) is 0 Å². The van der Waals surface area contributed by atoms with E-state index in [1.807, 2.05) is 0 Å². The molecule has 1 heterocycles. The minimum Gasteiger partial charge on any atom is -0.444 e. The predicted octanol–water partition coefficient (Wildman–Crippen LogP) is 4.23. The number of aryl methyl sites for hydroxylation is 1. The number of nitrogens with one attached hydrogen (secondary N) is 3. The van der Waals surface area contributed by atoms with Crippen LogP contribution in [0.15, 0.2) is 63.7 Å². The molecule has 0 aliphatic carbocycles. The normalized spacial score (nSPS) is 11.0. The fraction of sp³-hybridized carbons (Fsp3) is 0.100. The van der Waals surface area contributed by atoms with Crippen molar-refractivity contribution in [3.8, 4) is 0 Å². The first-order valence-electron chi connectivity index (χ1n) is 8.67. The van der Waals surface area contributed by atoms with E-state index in [-0.39, 0.29) is 5.76 Å². The van der Waals surface area contributed by atoms with Crippen LogP contribution in [-0.4, -0.2) is 26.5 Å². The van der Waals surface area contributed by atoms with Gasteiger partial charge >= 0.3 is 0 Å². The Labute approximate surface area is 181 Å². The summed E-state index contributed by atoms with van der Waals surface area (Å²) < 4.78 is 31.0. The number of hydrogen-bond acceptors (Lipinski definition) is 5. The second kappa shape index (κ2) is 8.72. The molecule has 8 nitrogen and oxygen atoms in total. The van der Waals surface area contributed by atoms with Gasteiger partial charge < -0.3 is 15.1 Å². The van der Waals surface area contributed by atoms with Gasteiger partial charge in [-0.3, -0.25) is 14.3 Å². The number of halogens is 1. The first kappa shape index (κ1) is 21.6. The quantitative estimate of drug-likeness (QED) is 0.476. The molecule has 10 heteroatoms. The molecule has 3 rings (SSSR count). The third kappa shape index (κ3) is 5.71. The number of rotatable bonds is 6. The molecule has 3 N–H and O–H groups in total. The molecule has 3 aromatic rings. The smallest absolute Gasteiger partial charge is 0.291 e. The largest absolute Gasteiger partial charge is 0.444 e. The van der Waals surface area contributed by atoms with E-state index in [0.29, 0.717) is 32.9 Å². The van der Waals surface area contributed by atoms with Crippen LogP contribution in [0.1, 0.15) is 26.5 Å². The number of carbonyl (C=O) groups is 2. The highest BCUT2D eigenvalue weighted by molar-refractivity contribution is 9.10. The monoisotopic (exact) mass is 491 g/mol. The molecular weight excluding hydrogens is 474 g/mol. The number of carbonyl (C=O) groups excluding carboxylic acids is 2. The third-order valence-electron chi connectivity index (χ3n) is 3.97. The number of amides is 2. The summed E-state index contributed by atoms with van der Waals surface area (Å²) in [5.41, 5.74) is 2.25. The van der Waals surface area contributed by atoms with Crippen molar-refractivity contribution >= 4 is 54.8 Å². The van der Waals surface area contributed by atoms with Crippen molar-refractivity contribution in [2.75, 3.05) is 21.6 Å². The number of sulfonamides is 1. The first-order chi connectivity index (χ1) is 14.1. The van der Waals surface area contributed by atoms with E-state index in [0.717, 1.165) is 6.26 Å². The first-order valence-corrected chi connectivity index (χ1v) is 11.4. The van der Waals surface area contributed by atoms with Gasteiger partial charge in [0.05, 0.1) is 11.9 Å². The fourth-order valence-electron chi connectivity index (χ4n) is 2.58. The second-order valence-corrected chi connectivity index (χ2v) is 9.03. The SMILES string of the molecule is Cc1ccc(NC(=O)c2cccc(NC(=O)c3ccc(Br)o3)c2)cc1NS(C)(=O)=O. The molecule has 0 aliphatic heterocycles. The molecule has 0 aliphatic rings. The second-order valence-electron chi connectivity index (χ2n) is 6.50. The van der Waals surface area contributed by atoms with Crippen molar-refractivity contribution in [2.24, 2.45) is 0 Å². The van der Waals surface area contributed by atoms with Crippen LogP contribution in [0.3, 0.4) is 0 Å². The van der Waals surface area contributed by atoms with Crippen LogP contribution >= 0.6 is 15.9 Å². The average Bonchev–Trinajstić information content (AvgIpc) is 3.10. The molecule has 2 aromatic carbocycles. The Hall–Kier alpha value is -3.11. The van der Waals surface area contributed by atoms with E-state index in [1.165, 1.54) is 18.2 Å². The molecule has 0 saturated carbocycles. The zero-order valence-corrected chi connectivity index (χ0v) is 18.4. The Bertz CT molecular complexity index is 1220. The Kier molecular flexibility index (Phi) is 6.28. The lowest BCUT2D eigenvalue weighted by Gasteiger charge is -2.12. The number of hydrogen-bond donors (Lipinski definition) is 3. The highest BCUT2D eigenvalue weighted by Crippen LogP contribution is 2.22. The Balaban J connectivity index is 1.74. The molecule has 0 bridgehead atoms. The van der Waals surface area contributed by atoms with Crippen molar-refractivity contribution < 1.29 is 22.4 Å². The Morgan fingerprint density at radius 2 is 1.63 bits per heavy atom. The summed E-state index contributed by atoms with van der Waals surface area (Å²) in [5, 5.41) is 5.38. The Morgan fingerprint density at radius 1 is 0.933 bits per heavy atom. The summed E-state index contributed by atoms with van der Waals surface area (Å²) in [6.45, 7) is 1.75. The van der Waals surface area contributed by atoms with Crippen LogP contribution in [0.25, 0.3) is 0 Å². The molecule has 156 valence electrons. The van der Waals surface area contributed by atoms with Crippen LogP contribution < -0.4 is 15.4 Å². The molecule has 0 fully saturated rings. The van der Waals surface area contributed by atoms with Gasteiger partial charge in [-0.25, -0.2) is 8.42 Å². The van der Waals surface area contributed by atoms with Gasteiger partial charge in [-0.05, 0) is 70.9 Å². The van der Waals surface area contributed by atoms with E-state index >= 15 is 0 Å². The lowest BCUT2D eigenvalue weighted by atomic mass is 10.1. The maximum absolute atomic E-state index is 12.6. The van der Waals surface area contributed by atoms with Gasteiger partial charge in [0.15, 0.2) is 10.4 Å². The summed E-state index contributed by atoms with van der Waals surface area (Å²) in [6, 6.07) is 14.4. The number of benzene rings is 2. The average molecular weight is 492 g/mol. The Morgan fingerprint density at radius 3 is 2.30 bits per heavy atom. The van der Waals surface area contributed by atoms with Crippen molar-refractivity contribution in [2.45, 2.75) is 6.92 Å². The van der Waals surface area contributed by atoms with E-state index < -0.39 is 21.8 Å². The summed E-state index contributed by atoms with van der Waals surface area (Å²) >= 11 is 3.14. The van der Waals surface area contributed by atoms with E-state index in [9.17, 15) is 18.0 Å². The van der Waals surface area contributed by atoms with Gasteiger partial charge in [-0.1, -0.05) is 12.1 Å². The standard InChI is InChI=1S/C20H18BrN3O5S/c1-12-6-7-15(11-16(12)24-30(2,27)28)22-19(25)13-4-3-5-14(10-13)23-20(26)17-8-9-18(21)29-17/h3-11,24H,1-2H3,(H,22,25)(H,23,26). The molecule has 0 radical (unpaired) electrons. The molecule has 0 atom stereocenters. The zero-order valence-electron chi connectivity index (χ0n) is 16.0. The van der Waals surface area contributed by atoms with Crippen LogP contribution in [0.4, 0.5) is 17.1 Å². The molecule has 0 spiro atoms. The number of furan rings is 1. The minimum atomic E-state index is -3.45. The van der Waals surface area contributed by atoms with Crippen LogP contribution in [0.5, 0.6) is 0 Å². The highest BCUT2D eigenvalue weighted by Gasteiger charge is 2.13. The van der Waals surface area contributed by atoms with Gasteiger partial charge in [0.1, 0.15) is 0 Å². The van der Waals surface area contributed by atoms with E-state index in [1.54, 1.807) is 43.3 Å². The summed E-state index contributed by atoms with van der Waals surface area (Å²) in [5.74, 6) is -0.739. The molecule has 30 heavy (non-hydrogen) atoms. The van der Waals surface area contributed by atoms with Crippen molar-refractivity contribution in [3.63, 3.8) is 0 Å². The summed E-state index contributed by atoms with van der Waals surface area (Å²) in [6.07, 6.45) is 1.05. The van der Waals surface area contributed by atoms with Gasteiger partial charge in [0.25, 0.3) is 11.8 Å². The number of anilines is 3. The summed E-state index contributed by atoms with van der Waals surface area (Å²) in [4.78, 5) is 24.8. The molecular formula is C20H18BrN3O5S. The molecule has 0 unspecified atom stereocenters. The van der Waals surface area contributed by atoms with Gasteiger partial charge in [-0.15, -0.1) is 0 Å². The lowest BCUT2D eigenvalue weighted by molar-refractivity contribution is 0.0992. The van der Waals surface area contributed by atoms with Gasteiger partial charge in [0, 0.05) is 16.9 Å². The van der Waals surface area contributed by atoms with Crippen molar-refractivity contribution in [1.82, 2.24) is 0 Å². The molecule has 1 aromatic heterocycles. The maximum atomic E-state index is 12.6. The van der Waals surface area contributed by atoms with E-state index in [4.69, 9.17) is 4.42 Å². The lowest BCUT2D eigenvalue weighted by Crippen LogP contribution is -2.15. The van der Waals surface area contributed by atoms with Gasteiger partial charge in [-0.2, -0.15) is 0 Å². The fourth-order valence-corrected chi connectivity index (χ4v) is 3.51. The third-order valence-corrected chi connectivity index (χ3v) is 4.99.